The highest BCUT2D eigenvalue weighted by atomic mass is 35.5. The third-order valence-electron chi connectivity index (χ3n) is 8.40. The van der Waals surface area contributed by atoms with Gasteiger partial charge < -0.3 is 19.9 Å². The fraction of sp³-hybridized carbons (Fsp3) is 0.278. The number of aliphatic hydroxyl groups is 1. The lowest BCUT2D eigenvalue weighted by molar-refractivity contribution is -0.753. The maximum atomic E-state index is 15.4. The Balaban J connectivity index is 1.36. The first kappa shape index (κ1) is 38.0. The van der Waals surface area contributed by atoms with Crippen molar-refractivity contribution in [2.45, 2.75) is 44.7 Å². The van der Waals surface area contributed by atoms with E-state index >= 15 is 4.39 Å². The number of esters is 1. The Labute approximate surface area is 307 Å². The number of carbonyl (C=O) groups is 2. The molecule has 12 nitrogen and oxygen atoms in total. The number of hydrogen-bond acceptors (Lipinski definition) is 10. The molecule has 0 saturated heterocycles. The number of amides is 1. The molecule has 5 rings (SSSR count). The number of ether oxygens (including phenoxy) is 2. The number of halogens is 3. The fourth-order valence-electron chi connectivity index (χ4n) is 5.40. The van der Waals surface area contributed by atoms with Crippen molar-refractivity contribution >= 4 is 40.7 Å². The predicted octanol–water partition coefficient (Wildman–Crippen LogP) is 5.84. The number of rotatable bonds is 13. The quantitative estimate of drug-likeness (QED) is 0.112. The van der Waals surface area contributed by atoms with E-state index in [1.807, 2.05) is 0 Å². The standard InChI is InChI=1S/C36H35ClF2N7O5S/c1-22(34-43-31(18-52-34)25-7-5-24(15-40)6-8-25)36(49,29-12-11-28(38)14-30(29)39)19-46-21-45(20-42-46)23(2)51-35(48)44(4)32-13-27(37)10-9-26(32)17-50-33(47)16-41-3/h5-14,18,20-23,41,49H,16-17,19H2,1-4H3/q+1. The first-order valence-electron chi connectivity index (χ1n) is 15.9. The van der Waals surface area contributed by atoms with Crippen LogP contribution in [0.3, 0.4) is 0 Å². The third kappa shape index (κ3) is 8.60. The Hall–Kier alpha value is -5.27. The lowest BCUT2D eigenvalue weighted by Crippen LogP contribution is -2.42. The van der Waals surface area contributed by atoms with Crippen LogP contribution in [0.2, 0.25) is 5.02 Å². The predicted molar refractivity (Wildman–Crippen MR) is 188 cm³/mol. The van der Waals surface area contributed by atoms with Crippen LogP contribution in [0.1, 0.15) is 47.7 Å². The smallest absolute Gasteiger partial charge is 0.416 e. The number of anilines is 1. The van der Waals surface area contributed by atoms with Gasteiger partial charge >= 0.3 is 12.1 Å². The number of nitriles is 1. The Morgan fingerprint density at radius 3 is 2.62 bits per heavy atom. The molecule has 2 aromatic heterocycles. The van der Waals surface area contributed by atoms with E-state index in [2.05, 4.69) is 16.5 Å². The number of carbonyl (C=O) groups excluding carboxylic acids is 2. The maximum Gasteiger partial charge on any atom is 0.416 e. The molecule has 0 aliphatic carbocycles. The first-order valence-corrected chi connectivity index (χ1v) is 17.2. The van der Waals surface area contributed by atoms with E-state index in [9.17, 15) is 19.1 Å². The van der Waals surface area contributed by atoms with Crippen molar-refractivity contribution in [2.24, 2.45) is 0 Å². The molecule has 2 N–H and O–H groups in total. The zero-order valence-corrected chi connectivity index (χ0v) is 30.2. The van der Waals surface area contributed by atoms with Gasteiger partial charge in [-0.1, -0.05) is 42.8 Å². The molecule has 0 aliphatic rings. The van der Waals surface area contributed by atoms with Gasteiger partial charge in [-0.2, -0.15) is 9.83 Å². The topological polar surface area (TPSA) is 146 Å². The minimum Gasteiger partial charge on any atom is -0.460 e. The van der Waals surface area contributed by atoms with Crippen LogP contribution in [-0.2, 0) is 33.0 Å². The van der Waals surface area contributed by atoms with Crippen molar-refractivity contribution in [3.63, 3.8) is 0 Å². The monoisotopic (exact) mass is 750 g/mol. The normalized spacial score (nSPS) is 13.4. The first-order chi connectivity index (χ1) is 24.8. The molecule has 5 aromatic rings. The largest absolute Gasteiger partial charge is 0.460 e. The SMILES string of the molecule is CNCC(=O)OCc1ccc(Cl)cc1N(C)C(=O)OC(C)[n+]1cnn(CC(O)(c2ccc(F)cc2F)C(C)c2nc(-c3ccc(C#N)cc3)cs2)c1. The average molecular weight is 751 g/mol. The van der Waals surface area contributed by atoms with Crippen LogP contribution in [0, 0.1) is 23.0 Å². The van der Waals surface area contributed by atoms with Crippen molar-refractivity contribution < 1.29 is 37.5 Å². The summed E-state index contributed by atoms with van der Waals surface area (Å²) in [5, 5.41) is 31.1. The summed E-state index contributed by atoms with van der Waals surface area (Å²) in [7, 11) is 3.10. The minimum absolute atomic E-state index is 0.0180. The second-order valence-corrected chi connectivity index (χ2v) is 13.3. The van der Waals surface area contributed by atoms with Gasteiger partial charge in [0.1, 0.15) is 30.4 Å². The van der Waals surface area contributed by atoms with Crippen LogP contribution in [0.15, 0.2) is 78.7 Å². The summed E-state index contributed by atoms with van der Waals surface area (Å²) < 4.78 is 43.1. The van der Waals surface area contributed by atoms with Crippen LogP contribution < -0.4 is 14.8 Å². The second-order valence-electron chi connectivity index (χ2n) is 11.9. The van der Waals surface area contributed by atoms with E-state index < -0.39 is 41.4 Å². The highest BCUT2D eigenvalue weighted by molar-refractivity contribution is 7.10. The highest BCUT2D eigenvalue weighted by Crippen LogP contribution is 2.41. The van der Waals surface area contributed by atoms with Crippen molar-refractivity contribution in [3.05, 3.63) is 117 Å². The van der Waals surface area contributed by atoms with Crippen molar-refractivity contribution in [1.29, 1.82) is 5.26 Å². The van der Waals surface area contributed by atoms with Gasteiger partial charge in [0.15, 0.2) is 0 Å². The molecule has 52 heavy (non-hydrogen) atoms. The summed E-state index contributed by atoms with van der Waals surface area (Å²) in [5.41, 5.74) is 0.619. The minimum atomic E-state index is -1.97. The number of likely N-dealkylation sites (N-methyl/N-ethyl adjacent to an activating group) is 1. The lowest BCUT2D eigenvalue weighted by atomic mass is 9.82. The number of nitrogens with zero attached hydrogens (tertiary/aromatic N) is 6. The van der Waals surface area contributed by atoms with Crippen molar-refractivity contribution in [3.8, 4) is 17.3 Å². The Morgan fingerprint density at radius 1 is 1.17 bits per heavy atom. The van der Waals surface area contributed by atoms with Gasteiger partial charge in [-0.25, -0.2) is 18.6 Å². The average Bonchev–Trinajstić information content (AvgIpc) is 3.81. The Morgan fingerprint density at radius 2 is 1.92 bits per heavy atom. The second kappa shape index (κ2) is 16.4. The van der Waals surface area contributed by atoms with E-state index in [0.29, 0.717) is 38.6 Å². The summed E-state index contributed by atoms with van der Waals surface area (Å²) in [4.78, 5) is 31.1. The van der Waals surface area contributed by atoms with E-state index in [4.69, 9.17) is 31.3 Å². The summed E-state index contributed by atoms with van der Waals surface area (Å²) in [6.45, 7) is 2.92. The molecule has 2 heterocycles. The molecular formula is C36H35ClF2N7O5S+. The van der Waals surface area contributed by atoms with Crippen LogP contribution >= 0.6 is 22.9 Å². The zero-order valence-electron chi connectivity index (χ0n) is 28.6. The molecule has 16 heteroatoms. The molecule has 270 valence electrons. The molecule has 3 atom stereocenters. The van der Waals surface area contributed by atoms with E-state index in [1.165, 1.54) is 51.3 Å². The highest BCUT2D eigenvalue weighted by Gasteiger charge is 2.43. The molecular weight excluding hydrogens is 716 g/mol. The number of aromatic nitrogens is 4. The fourth-order valence-corrected chi connectivity index (χ4v) is 6.54. The molecule has 1 amide bonds. The molecule has 0 spiro atoms. The van der Waals surface area contributed by atoms with Gasteiger partial charge in [-0.15, -0.1) is 16.0 Å². The number of hydrogen-bond donors (Lipinski definition) is 2. The van der Waals surface area contributed by atoms with Crippen LogP contribution in [0.4, 0.5) is 19.3 Å². The number of nitrogens with one attached hydrogen (secondary N) is 1. The van der Waals surface area contributed by atoms with Gasteiger partial charge in [0.2, 0.25) is 12.6 Å². The third-order valence-corrected chi connectivity index (χ3v) is 9.67. The molecule has 0 saturated carbocycles. The summed E-state index contributed by atoms with van der Waals surface area (Å²) >= 11 is 7.47. The van der Waals surface area contributed by atoms with Gasteiger partial charge in [0.25, 0.3) is 6.33 Å². The van der Waals surface area contributed by atoms with E-state index in [-0.39, 0.29) is 25.3 Å². The molecule has 0 aliphatic heterocycles. The zero-order chi connectivity index (χ0) is 37.6. The van der Waals surface area contributed by atoms with Crippen molar-refractivity contribution in [1.82, 2.24) is 20.1 Å². The lowest BCUT2D eigenvalue weighted by Gasteiger charge is -2.32. The van der Waals surface area contributed by atoms with E-state index in [0.717, 1.165) is 11.6 Å². The summed E-state index contributed by atoms with van der Waals surface area (Å²) in [5.74, 6) is -3.03. The van der Waals surface area contributed by atoms with E-state index in [1.54, 1.807) is 68.7 Å². The molecule has 3 unspecified atom stereocenters. The van der Waals surface area contributed by atoms with Gasteiger partial charge in [0, 0.05) is 58.1 Å². The van der Waals surface area contributed by atoms with Gasteiger partial charge in [-0.05, 0) is 37.4 Å². The van der Waals surface area contributed by atoms with Crippen LogP contribution in [0.25, 0.3) is 11.3 Å². The summed E-state index contributed by atoms with van der Waals surface area (Å²) in [6.07, 6.45) is 1.20. The number of benzene rings is 3. The van der Waals surface area contributed by atoms with Crippen LogP contribution in [-0.4, -0.2) is 52.6 Å². The Bertz CT molecular complexity index is 2110. The molecule has 3 aromatic carbocycles. The maximum absolute atomic E-state index is 15.4. The van der Waals surface area contributed by atoms with Gasteiger partial charge in [0.05, 0.1) is 34.6 Å². The van der Waals surface area contributed by atoms with Crippen molar-refractivity contribution in [2.75, 3.05) is 25.5 Å². The van der Waals surface area contributed by atoms with Crippen LogP contribution in [0.5, 0.6) is 0 Å². The molecule has 0 bridgehead atoms. The molecule has 0 fully saturated rings. The van der Waals surface area contributed by atoms with Gasteiger partial charge in [-0.3, -0.25) is 9.69 Å². The Kier molecular flexibility index (Phi) is 12.0. The molecule has 0 radical (unpaired) electrons. The number of thiazole rings is 1. The summed E-state index contributed by atoms with van der Waals surface area (Å²) in [6, 6.07) is 16.7.